The first-order valence-electron chi connectivity index (χ1n) is 6.61. The molecule has 5 nitrogen and oxygen atoms in total. The molecule has 118 valence electrons. The van der Waals surface area contributed by atoms with Crippen LogP contribution in [-0.4, -0.2) is 44.6 Å². The van der Waals surface area contributed by atoms with Crippen LogP contribution in [-0.2, 0) is 16.1 Å². The quantitative estimate of drug-likeness (QED) is 0.353. The first-order chi connectivity index (χ1) is 9.58. The van der Waals surface area contributed by atoms with Gasteiger partial charge in [-0.15, -0.1) is 24.0 Å². The maximum atomic E-state index is 11.1. The highest BCUT2D eigenvalue weighted by Gasteiger charge is 2.08. The van der Waals surface area contributed by atoms with Crippen LogP contribution in [0.1, 0.15) is 17.5 Å². The molecule has 1 aromatic rings. The van der Waals surface area contributed by atoms with E-state index in [4.69, 9.17) is 0 Å². The smallest absolute Gasteiger partial charge is 0.307 e. The molecule has 0 bridgehead atoms. The van der Waals surface area contributed by atoms with Crippen molar-refractivity contribution in [1.29, 1.82) is 0 Å². The summed E-state index contributed by atoms with van der Waals surface area (Å²) in [6.45, 7) is 3.37. The van der Waals surface area contributed by atoms with Crippen molar-refractivity contribution in [1.82, 2.24) is 10.2 Å². The van der Waals surface area contributed by atoms with Gasteiger partial charge in [0.2, 0.25) is 0 Å². The summed E-state index contributed by atoms with van der Waals surface area (Å²) in [5.41, 5.74) is 2.51. The van der Waals surface area contributed by atoms with Gasteiger partial charge in [0.25, 0.3) is 0 Å². The van der Waals surface area contributed by atoms with Crippen LogP contribution in [0.15, 0.2) is 29.3 Å². The molecule has 0 spiro atoms. The predicted molar refractivity (Wildman–Crippen MR) is 96.1 cm³/mol. The summed E-state index contributed by atoms with van der Waals surface area (Å²) in [5.74, 6) is 0.534. The maximum Gasteiger partial charge on any atom is 0.307 e. The Morgan fingerprint density at radius 2 is 2.05 bits per heavy atom. The van der Waals surface area contributed by atoms with Crippen molar-refractivity contribution in [2.75, 3.05) is 27.7 Å². The number of methoxy groups -OCH3 is 1. The van der Waals surface area contributed by atoms with Gasteiger partial charge >= 0.3 is 5.97 Å². The molecule has 0 amide bonds. The number of nitrogens with zero attached hydrogens (tertiary/aromatic N) is 2. The van der Waals surface area contributed by atoms with Crippen LogP contribution >= 0.6 is 24.0 Å². The molecule has 0 fully saturated rings. The minimum absolute atomic E-state index is 0. The number of esters is 1. The Morgan fingerprint density at radius 3 is 2.62 bits per heavy atom. The fraction of sp³-hybridized carbons (Fsp3) is 0.467. The van der Waals surface area contributed by atoms with Gasteiger partial charge in [-0.2, -0.15) is 0 Å². The van der Waals surface area contributed by atoms with Crippen molar-refractivity contribution in [3.63, 3.8) is 0 Å². The number of benzene rings is 1. The van der Waals surface area contributed by atoms with E-state index in [9.17, 15) is 4.79 Å². The predicted octanol–water partition coefficient (Wildman–Crippen LogP) is 2.18. The van der Waals surface area contributed by atoms with Crippen LogP contribution in [0.25, 0.3) is 0 Å². The number of halogens is 1. The number of guanidine groups is 1. The minimum Gasteiger partial charge on any atom is -0.469 e. The second-order valence-corrected chi connectivity index (χ2v) is 4.58. The molecule has 0 aromatic heterocycles. The average molecular weight is 405 g/mol. The summed E-state index contributed by atoms with van der Waals surface area (Å²) in [7, 11) is 5.09. The lowest BCUT2D eigenvalue weighted by Crippen LogP contribution is -2.39. The Kier molecular flexibility index (Phi) is 9.77. The Labute approximate surface area is 143 Å². The van der Waals surface area contributed by atoms with Crippen LogP contribution in [0.5, 0.6) is 0 Å². The molecule has 0 heterocycles. The molecule has 0 aliphatic heterocycles. The molecule has 1 rings (SSSR count). The van der Waals surface area contributed by atoms with E-state index in [1.165, 1.54) is 18.2 Å². The Bertz CT molecular complexity index is 478. The van der Waals surface area contributed by atoms with Crippen LogP contribution in [0.2, 0.25) is 0 Å². The van der Waals surface area contributed by atoms with Gasteiger partial charge in [-0.05, 0) is 18.1 Å². The van der Waals surface area contributed by atoms with E-state index in [-0.39, 0.29) is 29.9 Å². The SMILES string of the molecule is CN=C(NCCC(=O)OC)N(C)Cc1ccccc1C.I. The van der Waals surface area contributed by atoms with Crippen molar-refractivity contribution < 1.29 is 9.53 Å². The third-order valence-electron chi connectivity index (χ3n) is 3.08. The van der Waals surface area contributed by atoms with Crippen molar-refractivity contribution >= 4 is 35.9 Å². The molecule has 0 aliphatic rings. The van der Waals surface area contributed by atoms with Crippen LogP contribution in [0, 0.1) is 6.92 Å². The Morgan fingerprint density at radius 1 is 1.38 bits per heavy atom. The molecular formula is C15H24IN3O2. The lowest BCUT2D eigenvalue weighted by Gasteiger charge is -2.22. The number of hydrogen-bond donors (Lipinski definition) is 1. The third kappa shape index (κ3) is 6.79. The fourth-order valence-electron chi connectivity index (χ4n) is 1.88. The van der Waals surface area contributed by atoms with Crippen LogP contribution < -0.4 is 5.32 Å². The number of aliphatic imine (C=N–C) groups is 1. The number of aryl methyl sites for hydroxylation is 1. The van der Waals surface area contributed by atoms with E-state index in [1.54, 1.807) is 7.05 Å². The maximum absolute atomic E-state index is 11.1. The van der Waals surface area contributed by atoms with E-state index >= 15 is 0 Å². The number of hydrogen-bond acceptors (Lipinski definition) is 3. The zero-order valence-corrected chi connectivity index (χ0v) is 15.4. The van der Waals surface area contributed by atoms with Gasteiger partial charge in [-0.3, -0.25) is 9.79 Å². The monoisotopic (exact) mass is 405 g/mol. The molecule has 1 aromatic carbocycles. The lowest BCUT2D eigenvalue weighted by atomic mass is 10.1. The number of rotatable bonds is 5. The Hall–Kier alpha value is -1.31. The van der Waals surface area contributed by atoms with Gasteiger partial charge < -0.3 is 15.0 Å². The topological polar surface area (TPSA) is 53.9 Å². The lowest BCUT2D eigenvalue weighted by molar-refractivity contribution is -0.140. The van der Waals surface area contributed by atoms with Gasteiger partial charge in [-0.1, -0.05) is 24.3 Å². The highest BCUT2D eigenvalue weighted by atomic mass is 127. The summed E-state index contributed by atoms with van der Waals surface area (Å²) in [6, 6.07) is 8.26. The highest BCUT2D eigenvalue weighted by molar-refractivity contribution is 14.0. The third-order valence-corrected chi connectivity index (χ3v) is 3.08. The molecule has 0 saturated carbocycles. The number of carbonyl (C=O) groups excluding carboxylic acids is 1. The summed E-state index contributed by atoms with van der Waals surface area (Å²) >= 11 is 0. The van der Waals surface area contributed by atoms with Gasteiger partial charge in [0.05, 0.1) is 13.5 Å². The average Bonchev–Trinajstić information content (AvgIpc) is 2.45. The number of nitrogens with one attached hydrogen (secondary N) is 1. The van der Waals surface area contributed by atoms with Gasteiger partial charge in [0.15, 0.2) is 5.96 Å². The summed E-state index contributed by atoms with van der Waals surface area (Å²) in [4.78, 5) is 17.3. The summed E-state index contributed by atoms with van der Waals surface area (Å²) in [5, 5.41) is 3.15. The van der Waals surface area contributed by atoms with Crippen molar-refractivity contribution in [3.05, 3.63) is 35.4 Å². The molecule has 21 heavy (non-hydrogen) atoms. The molecule has 1 N–H and O–H groups in total. The van der Waals surface area contributed by atoms with E-state index in [2.05, 4.69) is 34.1 Å². The highest BCUT2D eigenvalue weighted by Crippen LogP contribution is 2.09. The van der Waals surface area contributed by atoms with E-state index in [0.29, 0.717) is 13.0 Å². The number of ether oxygens (including phenoxy) is 1. The van der Waals surface area contributed by atoms with Crippen molar-refractivity contribution in [2.24, 2.45) is 4.99 Å². The largest absolute Gasteiger partial charge is 0.469 e. The van der Waals surface area contributed by atoms with E-state index in [1.807, 2.05) is 24.1 Å². The first-order valence-corrected chi connectivity index (χ1v) is 6.61. The fourth-order valence-corrected chi connectivity index (χ4v) is 1.88. The van der Waals surface area contributed by atoms with Gasteiger partial charge in [0.1, 0.15) is 0 Å². The molecule has 0 atom stereocenters. The normalized spacial score (nSPS) is 10.6. The first kappa shape index (κ1) is 19.7. The second kappa shape index (κ2) is 10.4. The van der Waals surface area contributed by atoms with Crippen molar-refractivity contribution in [2.45, 2.75) is 19.9 Å². The van der Waals surface area contributed by atoms with E-state index < -0.39 is 0 Å². The zero-order chi connectivity index (χ0) is 15.0. The minimum atomic E-state index is -0.227. The zero-order valence-electron chi connectivity index (χ0n) is 13.0. The molecular weight excluding hydrogens is 381 g/mol. The second-order valence-electron chi connectivity index (χ2n) is 4.58. The van der Waals surface area contributed by atoms with Crippen LogP contribution in [0.4, 0.5) is 0 Å². The standard InChI is InChI=1S/C15H23N3O2.HI/c1-12-7-5-6-8-13(12)11-18(3)15(16-2)17-10-9-14(19)20-4;/h5-8H,9-11H2,1-4H3,(H,16,17);1H. The molecule has 0 aliphatic carbocycles. The number of carbonyl (C=O) groups is 1. The van der Waals surface area contributed by atoms with Gasteiger partial charge in [0, 0.05) is 27.2 Å². The Balaban J connectivity index is 0.00000400. The summed E-state index contributed by atoms with van der Waals surface area (Å²) < 4.78 is 4.61. The summed E-state index contributed by atoms with van der Waals surface area (Å²) in [6.07, 6.45) is 0.327. The molecule has 6 heteroatoms. The molecule has 0 unspecified atom stereocenters. The van der Waals surface area contributed by atoms with Gasteiger partial charge in [-0.25, -0.2) is 0 Å². The van der Waals surface area contributed by atoms with Crippen LogP contribution in [0.3, 0.4) is 0 Å². The molecule has 0 saturated heterocycles. The molecule has 0 radical (unpaired) electrons. The van der Waals surface area contributed by atoms with Crippen molar-refractivity contribution in [3.8, 4) is 0 Å². The van der Waals surface area contributed by atoms with E-state index in [0.717, 1.165) is 12.5 Å².